The van der Waals surface area contributed by atoms with Crippen LogP contribution in [0.3, 0.4) is 0 Å². The minimum Gasteiger partial charge on any atom is -0.391 e. The molecule has 0 heterocycles. The summed E-state index contributed by atoms with van der Waals surface area (Å²) < 4.78 is 13.4. The van der Waals surface area contributed by atoms with Crippen LogP contribution >= 0.6 is 0 Å². The molecule has 3 heteroatoms. The fraction of sp³-hybridized carbons (Fsp3) is 0.250. The van der Waals surface area contributed by atoms with E-state index in [1.165, 1.54) is 6.07 Å². The first kappa shape index (κ1) is 13.7. The van der Waals surface area contributed by atoms with Gasteiger partial charge in [0.25, 0.3) is 0 Å². The van der Waals surface area contributed by atoms with E-state index >= 15 is 0 Å². The van der Waals surface area contributed by atoms with E-state index in [1.54, 1.807) is 19.1 Å². The summed E-state index contributed by atoms with van der Waals surface area (Å²) in [6.45, 7) is 1.88. The molecule has 0 aliphatic rings. The predicted octanol–water partition coefficient (Wildman–Crippen LogP) is 2.59. The second kappa shape index (κ2) is 5.95. The summed E-state index contributed by atoms with van der Waals surface area (Å²) in [5.41, 5.74) is 8.02. The van der Waals surface area contributed by atoms with Crippen molar-refractivity contribution < 1.29 is 9.50 Å². The third-order valence-electron chi connectivity index (χ3n) is 3.33. The SMILES string of the molecule is Cc1cc(C(c2ccccc2)C(O)CN)ccc1F. The van der Waals surface area contributed by atoms with E-state index in [1.807, 2.05) is 30.3 Å². The van der Waals surface area contributed by atoms with Crippen molar-refractivity contribution >= 4 is 0 Å². The van der Waals surface area contributed by atoms with Gasteiger partial charge in [-0.1, -0.05) is 42.5 Å². The second-order valence-corrected chi connectivity index (χ2v) is 4.70. The van der Waals surface area contributed by atoms with Crippen LogP contribution in [0, 0.1) is 12.7 Å². The number of aliphatic hydroxyl groups excluding tert-OH is 1. The molecule has 100 valence electrons. The minimum atomic E-state index is -0.688. The summed E-state index contributed by atoms with van der Waals surface area (Å²) >= 11 is 0. The fourth-order valence-electron chi connectivity index (χ4n) is 2.29. The van der Waals surface area contributed by atoms with E-state index in [0.29, 0.717) is 5.56 Å². The molecule has 0 radical (unpaired) electrons. The van der Waals surface area contributed by atoms with Crippen LogP contribution in [0.15, 0.2) is 48.5 Å². The molecule has 0 aromatic heterocycles. The largest absolute Gasteiger partial charge is 0.391 e. The Balaban J connectivity index is 2.46. The van der Waals surface area contributed by atoms with Gasteiger partial charge in [-0.2, -0.15) is 0 Å². The zero-order valence-electron chi connectivity index (χ0n) is 10.9. The maximum atomic E-state index is 13.4. The molecule has 2 aromatic carbocycles. The molecule has 2 atom stereocenters. The van der Waals surface area contributed by atoms with Gasteiger partial charge in [0.15, 0.2) is 0 Å². The predicted molar refractivity (Wildman–Crippen MR) is 74.5 cm³/mol. The Labute approximate surface area is 112 Å². The van der Waals surface area contributed by atoms with Crippen molar-refractivity contribution in [3.8, 4) is 0 Å². The minimum absolute atomic E-state index is 0.163. The normalized spacial score (nSPS) is 14.1. The zero-order chi connectivity index (χ0) is 13.8. The molecule has 0 fully saturated rings. The fourth-order valence-corrected chi connectivity index (χ4v) is 2.29. The summed E-state index contributed by atoms with van der Waals surface area (Å²) in [6, 6.07) is 14.6. The molecular weight excluding hydrogens is 241 g/mol. The van der Waals surface area contributed by atoms with Gasteiger partial charge in [-0.3, -0.25) is 0 Å². The molecule has 0 saturated heterocycles. The third kappa shape index (κ3) is 3.00. The average molecular weight is 259 g/mol. The number of aryl methyl sites for hydroxylation is 1. The van der Waals surface area contributed by atoms with Crippen molar-refractivity contribution in [2.24, 2.45) is 5.73 Å². The highest BCUT2D eigenvalue weighted by Gasteiger charge is 2.22. The lowest BCUT2D eigenvalue weighted by Gasteiger charge is -2.23. The topological polar surface area (TPSA) is 46.2 Å². The zero-order valence-corrected chi connectivity index (χ0v) is 10.9. The molecule has 2 unspecified atom stereocenters. The standard InChI is InChI=1S/C16H18FNO/c1-11-9-13(7-8-14(11)17)16(15(19)10-18)12-5-3-2-4-6-12/h2-9,15-16,19H,10,18H2,1H3. The van der Waals surface area contributed by atoms with Crippen LogP contribution in [0.5, 0.6) is 0 Å². The Kier molecular flexibility index (Phi) is 4.30. The highest BCUT2D eigenvalue weighted by molar-refractivity contribution is 5.36. The van der Waals surface area contributed by atoms with Crippen LogP contribution in [-0.4, -0.2) is 17.8 Å². The summed E-state index contributed by atoms with van der Waals surface area (Å²) in [5.74, 6) is -0.469. The first-order valence-corrected chi connectivity index (χ1v) is 6.32. The first-order chi connectivity index (χ1) is 9.13. The van der Waals surface area contributed by atoms with Crippen molar-refractivity contribution in [2.75, 3.05) is 6.54 Å². The maximum absolute atomic E-state index is 13.4. The first-order valence-electron chi connectivity index (χ1n) is 6.32. The molecule has 0 amide bonds. The van der Waals surface area contributed by atoms with E-state index in [9.17, 15) is 9.50 Å². The van der Waals surface area contributed by atoms with Gasteiger partial charge in [0.1, 0.15) is 5.82 Å². The monoisotopic (exact) mass is 259 g/mol. The Morgan fingerprint density at radius 3 is 2.37 bits per heavy atom. The molecule has 0 spiro atoms. The van der Waals surface area contributed by atoms with E-state index in [-0.39, 0.29) is 18.3 Å². The number of hydrogen-bond donors (Lipinski definition) is 2. The van der Waals surface area contributed by atoms with Crippen LogP contribution in [0.1, 0.15) is 22.6 Å². The molecule has 0 aliphatic carbocycles. The average Bonchev–Trinajstić information content (AvgIpc) is 2.44. The lowest BCUT2D eigenvalue weighted by molar-refractivity contribution is 0.164. The van der Waals surface area contributed by atoms with E-state index < -0.39 is 6.10 Å². The summed E-state index contributed by atoms with van der Waals surface area (Å²) in [7, 11) is 0. The van der Waals surface area contributed by atoms with Crippen molar-refractivity contribution in [2.45, 2.75) is 18.9 Å². The van der Waals surface area contributed by atoms with Crippen molar-refractivity contribution in [1.29, 1.82) is 0 Å². The molecule has 2 rings (SSSR count). The summed E-state index contributed by atoms with van der Waals surface area (Å²) in [5, 5.41) is 10.2. The Bertz CT molecular complexity index is 542. The maximum Gasteiger partial charge on any atom is 0.126 e. The van der Waals surface area contributed by atoms with Crippen molar-refractivity contribution in [1.82, 2.24) is 0 Å². The van der Waals surface area contributed by atoms with Crippen molar-refractivity contribution in [3.05, 3.63) is 71.0 Å². The van der Waals surface area contributed by atoms with Crippen LogP contribution in [0.4, 0.5) is 4.39 Å². The highest BCUT2D eigenvalue weighted by atomic mass is 19.1. The second-order valence-electron chi connectivity index (χ2n) is 4.70. The lowest BCUT2D eigenvalue weighted by atomic mass is 9.86. The number of rotatable bonds is 4. The molecule has 0 bridgehead atoms. The van der Waals surface area contributed by atoms with Crippen LogP contribution in [0.25, 0.3) is 0 Å². The van der Waals surface area contributed by atoms with Gasteiger partial charge in [-0.15, -0.1) is 0 Å². The lowest BCUT2D eigenvalue weighted by Crippen LogP contribution is -2.28. The van der Waals surface area contributed by atoms with Gasteiger partial charge in [0.05, 0.1) is 6.10 Å². The molecular formula is C16H18FNO. The van der Waals surface area contributed by atoms with Gasteiger partial charge in [0, 0.05) is 12.5 Å². The van der Waals surface area contributed by atoms with E-state index in [2.05, 4.69) is 0 Å². The van der Waals surface area contributed by atoms with Crippen LogP contribution < -0.4 is 5.73 Å². The van der Waals surface area contributed by atoms with Gasteiger partial charge >= 0.3 is 0 Å². The molecule has 0 saturated carbocycles. The van der Waals surface area contributed by atoms with Gasteiger partial charge in [0.2, 0.25) is 0 Å². The molecule has 2 nitrogen and oxygen atoms in total. The summed E-state index contributed by atoms with van der Waals surface area (Å²) in [4.78, 5) is 0. The molecule has 19 heavy (non-hydrogen) atoms. The van der Waals surface area contributed by atoms with Gasteiger partial charge in [-0.05, 0) is 29.7 Å². The Morgan fingerprint density at radius 1 is 1.11 bits per heavy atom. The number of aliphatic hydroxyl groups is 1. The highest BCUT2D eigenvalue weighted by Crippen LogP contribution is 2.29. The number of benzene rings is 2. The summed E-state index contributed by atoms with van der Waals surface area (Å²) in [6.07, 6.45) is -0.688. The molecule has 2 aromatic rings. The number of nitrogens with two attached hydrogens (primary N) is 1. The van der Waals surface area contributed by atoms with E-state index in [0.717, 1.165) is 11.1 Å². The van der Waals surface area contributed by atoms with Crippen molar-refractivity contribution in [3.63, 3.8) is 0 Å². The third-order valence-corrected chi connectivity index (χ3v) is 3.33. The number of halogens is 1. The Morgan fingerprint density at radius 2 is 1.79 bits per heavy atom. The molecule has 0 aliphatic heterocycles. The van der Waals surface area contributed by atoms with Gasteiger partial charge < -0.3 is 10.8 Å². The quantitative estimate of drug-likeness (QED) is 0.886. The van der Waals surface area contributed by atoms with Crippen LogP contribution in [0.2, 0.25) is 0 Å². The number of hydrogen-bond acceptors (Lipinski definition) is 2. The Hall–Kier alpha value is -1.71. The smallest absolute Gasteiger partial charge is 0.126 e. The van der Waals surface area contributed by atoms with Crippen LogP contribution in [-0.2, 0) is 0 Å². The van der Waals surface area contributed by atoms with E-state index in [4.69, 9.17) is 5.73 Å². The molecule has 3 N–H and O–H groups in total. The van der Waals surface area contributed by atoms with Gasteiger partial charge in [-0.25, -0.2) is 4.39 Å².